The van der Waals surface area contributed by atoms with E-state index >= 15 is 0 Å². The van der Waals surface area contributed by atoms with Crippen molar-refractivity contribution in [1.82, 2.24) is 35.1 Å². The van der Waals surface area contributed by atoms with Crippen molar-refractivity contribution in [1.29, 1.82) is 0 Å². The lowest BCUT2D eigenvalue weighted by atomic mass is 9.78. The maximum atomic E-state index is 14.0. The molecular weight excluding hydrogens is 450 g/mol. The van der Waals surface area contributed by atoms with Crippen molar-refractivity contribution in [3.05, 3.63) is 76.8 Å². The molecule has 190 valence electrons. The molecule has 1 aliphatic heterocycles. The summed E-state index contributed by atoms with van der Waals surface area (Å²) in [5, 5.41) is 17.7. The predicted octanol–water partition coefficient (Wildman–Crippen LogP) is 4.88. The average molecular weight is 488 g/mol. The fourth-order valence-corrected chi connectivity index (χ4v) is 5.93. The van der Waals surface area contributed by atoms with Crippen molar-refractivity contribution in [2.75, 3.05) is 0 Å². The van der Waals surface area contributed by atoms with Crippen molar-refractivity contribution in [3.63, 3.8) is 0 Å². The van der Waals surface area contributed by atoms with Crippen molar-refractivity contribution < 1.29 is 0 Å². The van der Waals surface area contributed by atoms with Gasteiger partial charge in [-0.1, -0.05) is 69.9 Å². The minimum atomic E-state index is -0.474. The van der Waals surface area contributed by atoms with Crippen LogP contribution in [0.2, 0.25) is 0 Å². The molecule has 0 spiro atoms. The second-order valence-corrected chi connectivity index (χ2v) is 10.2. The molecule has 2 atom stereocenters. The molecular formula is C28H37N7O. The van der Waals surface area contributed by atoms with E-state index in [-0.39, 0.29) is 5.69 Å². The number of hydrogen-bond donors (Lipinski definition) is 2. The number of aryl methyl sites for hydroxylation is 1. The van der Waals surface area contributed by atoms with Crippen molar-refractivity contribution >= 4 is 0 Å². The maximum Gasteiger partial charge on any atom is 0.328 e. The van der Waals surface area contributed by atoms with Crippen LogP contribution < -0.4 is 11.0 Å². The number of aromatic nitrogens is 6. The second-order valence-electron chi connectivity index (χ2n) is 10.2. The molecule has 0 saturated heterocycles. The molecule has 8 nitrogen and oxygen atoms in total. The van der Waals surface area contributed by atoms with Crippen molar-refractivity contribution in [3.8, 4) is 11.4 Å². The molecule has 1 aromatic carbocycles. The molecule has 0 amide bonds. The van der Waals surface area contributed by atoms with E-state index in [0.29, 0.717) is 24.3 Å². The monoisotopic (exact) mass is 487 g/mol. The van der Waals surface area contributed by atoms with E-state index in [1.165, 1.54) is 19.3 Å². The first-order chi connectivity index (χ1) is 17.6. The van der Waals surface area contributed by atoms with Gasteiger partial charge in [0.05, 0.1) is 5.41 Å². The molecule has 5 rings (SSSR count). The summed E-state index contributed by atoms with van der Waals surface area (Å²) in [6.07, 6.45) is 19.4. The molecule has 1 saturated carbocycles. The Labute approximate surface area is 212 Å². The third-order valence-corrected chi connectivity index (χ3v) is 8.00. The molecule has 1 fully saturated rings. The van der Waals surface area contributed by atoms with Gasteiger partial charge in [-0.25, -0.2) is 4.79 Å². The predicted molar refractivity (Wildman–Crippen MR) is 141 cm³/mol. The highest BCUT2D eigenvalue weighted by Gasteiger charge is 2.33. The molecule has 3 aromatic rings. The number of allylic oxidation sites excluding steroid dienone is 2. The van der Waals surface area contributed by atoms with Crippen molar-refractivity contribution in [2.24, 2.45) is 5.92 Å². The van der Waals surface area contributed by atoms with Gasteiger partial charge >= 0.3 is 5.69 Å². The summed E-state index contributed by atoms with van der Waals surface area (Å²) in [7, 11) is 0. The highest BCUT2D eigenvalue weighted by molar-refractivity contribution is 5.57. The Hall–Kier alpha value is -3.42. The number of imidazole rings is 1. The number of aromatic amines is 1. The first-order valence-corrected chi connectivity index (χ1v) is 13.4. The van der Waals surface area contributed by atoms with Crippen LogP contribution in [-0.2, 0) is 18.4 Å². The van der Waals surface area contributed by atoms with E-state index in [4.69, 9.17) is 0 Å². The van der Waals surface area contributed by atoms with Gasteiger partial charge in [-0.05, 0) is 60.8 Å². The first-order valence-electron chi connectivity index (χ1n) is 13.4. The Morgan fingerprint density at radius 3 is 2.72 bits per heavy atom. The summed E-state index contributed by atoms with van der Waals surface area (Å²) in [5.74, 6) is 1.13. The normalized spacial score (nSPS) is 20.9. The quantitative estimate of drug-likeness (QED) is 0.449. The number of nitrogens with one attached hydrogen (secondary N) is 2. The topological polar surface area (TPSA) is 93.4 Å². The molecule has 2 unspecified atom stereocenters. The van der Waals surface area contributed by atoms with E-state index in [9.17, 15) is 4.79 Å². The molecule has 8 heteroatoms. The lowest BCUT2D eigenvalue weighted by Gasteiger charge is -2.32. The van der Waals surface area contributed by atoms with E-state index in [2.05, 4.69) is 74.8 Å². The molecule has 1 aliphatic carbocycles. The highest BCUT2D eigenvalue weighted by Crippen LogP contribution is 2.37. The Kier molecular flexibility index (Phi) is 7.20. The number of hydrogen-bond acceptors (Lipinski definition) is 5. The number of rotatable bonds is 9. The van der Waals surface area contributed by atoms with Gasteiger partial charge in [-0.2, -0.15) is 5.21 Å². The fraction of sp³-hybridized carbons (Fsp3) is 0.500. The molecule has 2 aliphatic rings. The van der Waals surface area contributed by atoms with Gasteiger partial charge in [-0.3, -0.25) is 9.13 Å². The van der Waals surface area contributed by atoms with Crippen LogP contribution in [0.15, 0.2) is 59.8 Å². The zero-order chi connectivity index (χ0) is 25.0. The van der Waals surface area contributed by atoms with E-state index in [1.54, 1.807) is 0 Å². The minimum absolute atomic E-state index is 0.125. The van der Waals surface area contributed by atoms with Crippen LogP contribution in [-0.4, -0.2) is 29.8 Å². The van der Waals surface area contributed by atoms with Crippen LogP contribution in [0, 0.1) is 5.92 Å². The third kappa shape index (κ3) is 4.68. The van der Waals surface area contributed by atoms with Crippen LogP contribution in [0.3, 0.4) is 0 Å². The standard InChI is InChI=1S/C28H37N7O/c1-3-5-12-24-19-34(25-13-7-6-9-21(25)4-2)27(36)35(24)20-28(14-16-29-17-15-28)23-11-8-10-22(18-23)26-30-32-33-31-26/h8,10-11,14-19,21,25,29H,3-7,9,12-13,20H2,1-2H3,(H,30,31,32,33). The van der Waals surface area contributed by atoms with Gasteiger partial charge in [0.15, 0.2) is 0 Å². The molecule has 36 heavy (non-hydrogen) atoms. The maximum absolute atomic E-state index is 14.0. The zero-order valence-corrected chi connectivity index (χ0v) is 21.4. The lowest BCUT2D eigenvalue weighted by molar-refractivity contribution is 0.227. The lowest BCUT2D eigenvalue weighted by Crippen LogP contribution is -2.38. The summed E-state index contributed by atoms with van der Waals surface area (Å²) in [5.41, 5.74) is 2.77. The molecule has 3 heterocycles. The molecule has 2 aromatic heterocycles. The number of benzene rings is 1. The number of H-pyrrole nitrogens is 1. The summed E-state index contributed by atoms with van der Waals surface area (Å²) in [6.45, 7) is 5.02. The minimum Gasteiger partial charge on any atom is -0.368 e. The van der Waals surface area contributed by atoms with E-state index < -0.39 is 5.41 Å². The number of tetrazole rings is 1. The Bertz CT molecular complexity index is 1260. The summed E-state index contributed by atoms with van der Waals surface area (Å²) in [4.78, 5) is 14.0. The number of dihydropyridines is 1. The van der Waals surface area contributed by atoms with Crippen LogP contribution in [0.5, 0.6) is 0 Å². The van der Waals surface area contributed by atoms with Crippen LogP contribution in [0.1, 0.15) is 76.1 Å². The molecule has 0 bridgehead atoms. The first kappa shape index (κ1) is 24.3. The van der Waals surface area contributed by atoms with Crippen molar-refractivity contribution in [2.45, 2.75) is 83.2 Å². The summed E-state index contributed by atoms with van der Waals surface area (Å²) < 4.78 is 4.12. The van der Waals surface area contributed by atoms with Crippen LogP contribution >= 0.6 is 0 Å². The van der Waals surface area contributed by atoms with Gasteiger partial charge in [0.1, 0.15) is 0 Å². The summed E-state index contributed by atoms with van der Waals surface area (Å²) >= 11 is 0. The van der Waals surface area contributed by atoms with Gasteiger partial charge in [0.2, 0.25) is 5.82 Å². The average Bonchev–Trinajstić information content (AvgIpc) is 3.57. The van der Waals surface area contributed by atoms with Gasteiger partial charge in [0, 0.05) is 30.0 Å². The fourth-order valence-electron chi connectivity index (χ4n) is 5.93. The Morgan fingerprint density at radius 2 is 1.97 bits per heavy atom. The molecule has 2 N–H and O–H groups in total. The van der Waals surface area contributed by atoms with Gasteiger partial charge in [0.25, 0.3) is 0 Å². The van der Waals surface area contributed by atoms with E-state index in [1.807, 2.05) is 29.1 Å². The summed E-state index contributed by atoms with van der Waals surface area (Å²) in [6, 6.07) is 8.53. The second kappa shape index (κ2) is 10.7. The zero-order valence-electron chi connectivity index (χ0n) is 21.4. The van der Waals surface area contributed by atoms with E-state index in [0.717, 1.165) is 48.9 Å². The van der Waals surface area contributed by atoms with Crippen LogP contribution in [0.25, 0.3) is 11.4 Å². The number of unbranched alkanes of at least 4 members (excludes halogenated alkanes) is 1. The van der Waals surface area contributed by atoms with Crippen LogP contribution in [0.4, 0.5) is 0 Å². The smallest absolute Gasteiger partial charge is 0.328 e. The third-order valence-electron chi connectivity index (χ3n) is 8.00. The Balaban J connectivity index is 1.57. The van der Waals surface area contributed by atoms with Gasteiger partial charge < -0.3 is 5.32 Å². The number of nitrogens with zero attached hydrogens (tertiary/aromatic N) is 5. The SMILES string of the molecule is CCCCc1cn(C2CCCCC2CC)c(=O)n1CC1(c2cccc(-c3nn[nH]n3)c2)C=CNC=C1. The largest absolute Gasteiger partial charge is 0.368 e. The molecule has 0 radical (unpaired) electrons. The highest BCUT2D eigenvalue weighted by atomic mass is 16.1. The van der Waals surface area contributed by atoms with Gasteiger partial charge in [-0.15, -0.1) is 10.2 Å². The Morgan fingerprint density at radius 1 is 1.14 bits per heavy atom.